The SMILES string of the molecule is CC[C@H]1[C@@H](OCOC)[C@@H]2[C@H]([C@@H](OCOC)C[C@]3(C)[C@@H]([C@H](C)CC/C(N)=N/O)CC[C@@H]23)[C@@]2(C)CC[C@@H](OCOC)C[C@@H]12. The topological polar surface area (TPSA) is 114 Å². The molecule has 238 valence electrons. The van der Waals surface area contributed by atoms with Gasteiger partial charge in [-0.05, 0) is 97.2 Å². The molecule has 12 atom stereocenters. The van der Waals surface area contributed by atoms with Crippen LogP contribution in [-0.4, -0.2) is 71.1 Å². The van der Waals surface area contributed by atoms with Crippen LogP contribution in [0.15, 0.2) is 5.16 Å². The summed E-state index contributed by atoms with van der Waals surface area (Å²) in [6.07, 6.45) is 9.64. The van der Waals surface area contributed by atoms with Gasteiger partial charge in [-0.25, -0.2) is 0 Å². The van der Waals surface area contributed by atoms with Gasteiger partial charge in [0.2, 0.25) is 0 Å². The van der Waals surface area contributed by atoms with Crippen molar-refractivity contribution >= 4 is 5.84 Å². The van der Waals surface area contributed by atoms with Crippen LogP contribution in [0, 0.1) is 52.3 Å². The molecule has 9 heteroatoms. The predicted octanol–water partition coefficient (Wildman–Crippen LogP) is 5.63. The normalized spacial score (nSPS) is 43.3. The van der Waals surface area contributed by atoms with Gasteiger partial charge in [-0.1, -0.05) is 39.3 Å². The monoisotopic (exact) mass is 582 g/mol. The van der Waals surface area contributed by atoms with Gasteiger partial charge in [-0.3, -0.25) is 0 Å². The van der Waals surface area contributed by atoms with Gasteiger partial charge in [0.15, 0.2) is 0 Å². The van der Waals surface area contributed by atoms with E-state index in [-0.39, 0.29) is 29.1 Å². The molecule has 0 radical (unpaired) electrons. The molecule has 0 heterocycles. The summed E-state index contributed by atoms with van der Waals surface area (Å²) >= 11 is 0. The second kappa shape index (κ2) is 14.2. The van der Waals surface area contributed by atoms with Gasteiger partial charge in [0.25, 0.3) is 0 Å². The van der Waals surface area contributed by atoms with E-state index >= 15 is 0 Å². The molecule has 9 nitrogen and oxygen atoms in total. The van der Waals surface area contributed by atoms with Gasteiger partial charge >= 0.3 is 0 Å². The van der Waals surface area contributed by atoms with E-state index in [2.05, 4.69) is 32.9 Å². The molecule has 0 aromatic heterocycles. The molecule has 41 heavy (non-hydrogen) atoms. The first kappa shape index (κ1) is 32.9. The Morgan fingerprint density at radius 2 is 1.63 bits per heavy atom. The number of hydrogen-bond donors (Lipinski definition) is 2. The van der Waals surface area contributed by atoms with E-state index in [4.69, 9.17) is 39.4 Å². The average Bonchev–Trinajstić information content (AvgIpc) is 3.32. The van der Waals surface area contributed by atoms with Gasteiger partial charge in [0.1, 0.15) is 26.2 Å². The van der Waals surface area contributed by atoms with E-state index < -0.39 is 0 Å². The summed E-state index contributed by atoms with van der Waals surface area (Å²) in [6, 6.07) is 0. The van der Waals surface area contributed by atoms with Crippen LogP contribution in [0.3, 0.4) is 0 Å². The third-order valence-corrected chi connectivity index (χ3v) is 12.2. The first-order chi connectivity index (χ1) is 19.7. The number of hydrogen-bond acceptors (Lipinski definition) is 8. The lowest BCUT2D eigenvalue weighted by atomic mass is 9.40. The van der Waals surface area contributed by atoms with Crippen molar-refractivity contribution in [1.29, 1.82) is 0 Å². The zero-order valence-corrected chi connectivity index (χ0v) is 26.7. The Labute approximate surface area is 248 Å². The van der Waals surface area contributed by atoms with Crippen molar-refractivity contribution in [3.63, 3.8) is 0 Å². The number of nitrogens with zero attached hydrogens (tertiary/aromatic N) is 1. The van der Waals surface area contributed by atoms with E-state index in [1.54, 1.807) is 21.3 Å². The molecule has 4 aliphatic rings. The van der Waals surface area contributed by atoms with Crippen LogP contribution in [0.4, 0.5) is 0 Å². The maximum atomic E-state index is 9.12. The van der Waals surface area contributed by atoms with Crippen molar-refractivity contribution in [3.05, 3.63) is 0 Å². The summed E-state index contributed by atoms with van der Waals surface area (Å²) in [5.41, 5.74) is 6.12. The number of nitrogens with two attached hydrogens (primary N) is 1. The molecule has 0 aromatic rings. The fourth-order valence-electron chi connectivity index (χ4n) is 10.6. The number of methoxy groups -OCH3 is 3. The Morgan fingerprint density at radius 3 is 2.29 bits per heavy atom. The highest BCUT2D eigenvalue weighted by atomic mass is 16.7. The third-order valence-electron chi connectivity index (χ3n) is 12.2. The molecular formula is C32H58N2O7. The molecular weight excluding hydrogens is 524 g/mol. The standard InChI is InChI=1S/C32H58N2O7/c1-8-22-25-15-21(39-17-36-5)13-14-31(25,3)29-26(40-18-37-6)16-32(4)23(20(2)9-12-27(33)34-35)10-11-24(32)28(29)30(22)41-19-38-7/h20-26,28-30,35H,8-19H2,1-7H3,(H2,33,34)/t20-,21-,22-,23-,24+,25+,26+,28+,29+,30-,31+,32-/m1/s1. The largest absolute Gasteiger partial charge is 0.409 e. The zero-order valence-electron chi connectivity index (χ0n) is 26.7. The number of oxime groups is 1. The lowest BCUT2D eigenvalue weighted by Gasteiger charge is -2.67. The third kappa shape index (κ3) is 6.32. The Bertz CT molecular complexity index is 860. The number of amidine groups is 1. The second-order valence-electron chi connectivity index (χ2n) is 14.0. The maximum Gasteiger partial charge on any atom is 0.146 e. The first-order valence-corrected chi connectivity index (χ1v) is 16.0. The molecule has 4 fully saturated rings. The van der Waals surface area contributed by atoms with Crippen molar-refractivity contribution in [2.45, 2.75) is 104 Å². The van der Waals surface area contributed by atoms with E-state index in [1.165, 1.54) is 12.8 Å². The molecule has 0 aromatic carbocycles. The van der Waals surface area contributed by atoms with Gasteiger partial charge in [0.05, 0.1) is 18.3 Å². The molecule has 0 bridgehead atoms. The highest BCUT2D eigenvalue weighted by Gasteiger charge is 2.68. The van der Waals surface area contributed by atoms with Crippen LogP contribution in [0.5, 0.6) is 0 Å². The van der Waals surface area contributed by atoms with Crippen molar-refractivity contribution in [2.75, 3.05) is 41.7 Å². The van der Waals surface area contributed by atoms with E-state index in [0.717, 1.165) is 38.5 Å². The molecule has 4 aliphatic carbocycles. The lowest BCUT2D eigenvalue weighted by molar-refractivity contribution is -0.275. The van der Waals surface area contributed by atoms with Crippen LogP contribution in [0.25, 0.3) is 0 Å². The zero-order chi connectivity index (χ0) is 29.8. The molecule has 4 rings (SSSR count). The number of fused-ring (bicyclic) bond motifs is 5. The summed E-state index contributed by atoms with van der Waals surface area (Å²) in [6.45, 7) is 10.7. The van der Waals surface area contributed by atoms with Crippen LogP contribution in [-0.2, 0) is 28.4 Å². The summed E-state index contributed by atoms with van der Waals surface area (Å²) in [5.74, 6) is 3.52. The Hall–Kier alpha value is -0.970. The molecule has 3 N–H and O–H groups in total. The van der Waals surface area contributed by atoms with E-state index in [1.807, 2.05) is 0 Å². The van der Waals surface area contributed by atoms with Crippen molar-refractivity contribution < 1.29 is 33.6 Å². The van der Waals surface area contributed by atoms with Crippen molar-refractivity contribution in [1.82, 2.24) is 0 Å². The molecule has 0 amide bonds. The second-order valence-corrected chi connectivity index (χ2v) is 14.0. The van der Waals surface area contributed by atoms with Gasteiger partial charge in [-0.15, -0.1) is 0 Å². The fraction of sp³-hybridized carbons (Fsp3) is 0.969. The molecule has 0 spiro atoms. The van der Waals surface area contributed by atoms with Crippen LogP contribution < -0.4 is 5.73 Å². The average molecular weight is 583 g/mol. The van der Waals surface area contributed by atoms with Crippen LogP contribution in [0.1, 0.15) is 85.5 Å². The predicted molar refractivity (Wildman–Crippen MR) is 157 cm³/mol. The van der Waals surface area contributed by atoms with Crippen molar-refractivity contribution in [2.24, 2.45) is 63.1 Å². The van der Waals surface area contributed by atoms with Gasteiger partial charge in [-0.2, -0.15) is 0 Å². The summed E-state index contributed by atoms with van der Waals surface area (Å²) in [4.78, 5) is 0. The maximum absolute atomic E-state index is 9.12. The highest BCUT2D eigenvalue weighted by Crippen LogP contribution is 2.70. The minimum absolute atomic E-state index is 0.0912. The van der Waals surface area contributed by atoms with Gasteiger partial charge in [0, 0.05) is 27.8 Å². The Kier molecular flexibility index (Phi) is 11.4. The molecule has 0 saturated heterocycles. The smallest absolute Gasteiger partial charge is 0.146 e. The summed E-state index contributed by atoms with van der Waals surface area (Å²) < 4.78 is 36.0. The van der Waals surface area contributed by atoms with E-state index in [0.29, 0.717) is 74.1 Å². The lowest BCUT2D eigenvalue weighted by Crippen LogP contribution is -2.66. The fourth-order valence-corrected chi connectivity index (χ4v) is 10.6. The summed E-state index contributed by atoms with van der Waals surface area (Å²) in [5, 5.41) is 12.3. The minimum atomic E-state index is 0.0912. The summed E-state index contributed by atoms with van der Waals surface area (Å²) in [7, 11) is 5.15. The van der Waals surface area contributed by atoms with E-state index in [9.17, 15) is 0 Å². The van der Waals surface area contributed by atoms with Crippen LogP contribution in [0.2, 0.25) is 0 Å². The first-order valence-electron chi connectivity index (χ1n) is 16.0. The number of rotatable bonds is 14. The van der Waals surface area contributed by atoms with Gasteiger partial charge < -0.3 is 39.4 Å². The Balaban J connectivity index is 1.73. The van der Waals surface area contributed by atoms with Crippen molar-refractivity contribution in [3.8, 4) is 0 Å². The highest BCUT2D eigenvalue weighted by molar-refractivity contribution is 5.79. The minimum Gasteiger partial charge on any atom is -0.409 e. The van der Waals surface area contributed by atoms with Crippen LogP contribution >= 0.6 is 0 Å². The number of ether oxygens (including phenoxy) is 6. The quantitative estimate of drug-likeness (QED) is 0.0891. The Morgan fingerprint density at radius 1 is 0.951 bits per heavy atom. The molecule has 0 aliphatic heterocycles. The molecule has 0 unspecified atom stereocenters. The molecule has 4 saturated carbocycles.